The predicted octanol–water partition coefficient (Wildman–Crippen LogP) is 21.4. The van der Waals surface area contributed by atoms with Crippen LogP contribution in [0.1, 0.15) is 63.8 Å². The van der Waals surface area contributed by atoms with E-state index in [1.165, 1.54) is 26.4 Å². The zero-order chi connectivity index (χ0) is 90.8. The van der Waals surface area contributed by atoms with Crippen molar-refractivity contribution in [2.45, 2.75) is 67.2 Å². The van der Waals surface area contributed by atoms with Gasteiger partial charge in [0.25, 0.3) is 6.43 Å². The van der Waals surface area contributed by atoms with Crippen LogP contribution in [0, 0.1) is 27.7 Å². The van der Waals surface area contributed by atoms with Gasteiger partial charge in [0.05, 0.1) is 31.6 Å². The third kappa shape index (κ3) is 20.3. The second-order valence-corrected chi connectivity index (χ2v) is 30.8. The number of carbonyl (C=O) groups excluding carboxylic acids is 2. The number of halogens is 2. The molecule has 6 aromatic carbocycles. The van der Waals surface area contributed by atoms with Gasteiger partial charge in [0.15, 0.2) is 46.6 Å². The van der Waals surface area contributed by atoms with Gasteiger partial charge in [-0.3, -0.25) is 40.0 Å². The van der Waals surface area contributed by atoms with E-state index < -0.39 is 12.5 Å². The summed E-state index contributed by atoms with van der Waals surface area (Å²) in [5, 5.41) is 38.3. The minimum Gasteiger partial charge on any atom is -0.453 e. The summed E-state index contributed by atoms with van der Waals surface area (Å²) in [6.45, 7) is 11.0. The monoisotopic (exact) mass is 1750 g/mol. The summed E-state index contributed by atoms with van der Waals surface area (Å²) in [6.07, 6.45) is 19.7. The molecule has 20 aromatic rings. The molecule has 0 atom stereocenters. The molecule has 2 amide bonds. The second-order valence-electron chi connectivity index (χ2n) is 30.8. The number of fused-ring (bicyclic) bond motifs is 4. The minimum absolute atomic E-state index is 0.107. The average molecular weight is 1750 g/mol. The number of nitrogens with one attached hydrogen (secondary N) is 6. The number of carbonyl (C=O) groups is 2. The summed E-state index contributed by atoms with van der Waals surface area (Å²) in [4.78, 5) is 68.7. The van der Waals surface area contributed by atoms with Crippen molar-refractivity contribution < 1.29 is 23.1 Å². The van der Waals surface area contributed by atoms with Gasteiger partial charge >= 0.3 is 6.09 Å². The number of para-hydroxylation sites is 2. The maximum Gasteiger partial charge on any atom is 0.411 e. The van der Waals surface area contributed by atoms with Crippen LogP contribution in [0.2, 0.25) is 0 Å². The normalized spacial score (nSPS) is 11.0. The van der Waals surface area contributed by atoms with Crippen LogP contribution in [0.5, 0.6) is 0 Å². The molecule has 0 aliphatic rings. The van der Waals surface area contributed by atoms with E-state index in [0.29, 0.717) is 72.4 Å². The zero-order valence-corrected chi connectivity index (χ0v) is 72.7. The van der Waals surface area contributed by atoms with Crippen molar-refractivity contribution in [3.8, 4) is 90.1 Å². The molecule has 6 N–H and O–H groups in total. The fraction of sp³-hybridized carbons (Fsp3) is 0.107. The van der Waals surface area contributed by atoms with Crippen molar-refractivity contribution in [2.75, 3.05) is 39.0 Å². The molecule has 29 heteroatoms. The van der Waals surface area contributed by atoms with Crippen LogP contribution < -0.4 is 31.9 Å². The van der Waals surface area contributed by atoms with Crippen LogP contribution in [-0.4, -0.2) is 107 Å². The molecule has 0 spiro atoms. The highest BCUT2D eigenvalue weighted by molar-refractivity contribution is 5.94. The summed E-state index contributed by atoms with van der Waals surface area (Å²) >= 11 is 0. The Morgan fingerprint density at radius 3 is 1.11 bits per heavy atom. The Morgan fingerprint density at radius 1 is 0.356 bits per heavy atom. The van der Waals surface area contributed by atoms with Crippen LogP contribution in [-0.2, 0) is 35.7 Å². The lowest BCUT2D eigenvalue weighted by atomic mass is 10.1. The zero-order valence-electron chi connectivity index (χ0n) is 72.7. The molecule has 27 nitrogen and oxygen atoms in total. The van der Waals surface area contributed by atoms with Crippen molar-refractivity contribution in [1.29, 1.82) is 0 Å². The van der Waals surface area contributed by atoms with Gasteiger partial charge < -0.3 is 31.3 Å². The highest BCUT2D eigenvalue weighted by Crippen LogP contribution is 2.39. The lowest BCUT2D eigenvalue weighted by Crippen LogP contribution is -2.14. The predicted molar refractivity (Wildman–Crippen MR) is 512 cm³/mol. The molecule has 14 aromatic heterocycles. The van der Waals surface area contributed by atoms with Crippen LogP contribution in [0.15, 0.2) is 335 Å². The summed E-state index contributed by atoms with van der Waals surface area (Å²) in [5.41, 5.74) is 22.9. The van der Waals surface area contributed by atoms with Crippen molar-refractivity contribution in [3.63, 3.8) is 0 Å². The van der Waals surface area contributed by atoms with Gasteiger partial charge in [0, 0.05) is 168 Å². The van der Waals surface area contributed by atoms with Crippen molar-refractivity contribution in [3.05, 3.63) is 386 Å². The summed E-state index contributed by atoms with van der Waals surface area (Å²) in [7, 11) is 1.34. The van der Waals surface area contributed by atoms with Crippen LogP contribution in [0.3, 0.4) is 0 Å². The Bertz CT molecular complexity index is 7420. The number of hydrogen-bond acceptors (Lipinski definition) is 21. The molecule has 14 heterocycles. The fourth-order valence-corrected chi connectivity index (χ4v) is 15.1. The minimum atomic E-state index is -2.67. The molecule has 0 bridgehead atoms. The maximum absolute atomic E-state index is 13.9. The summed E-state index contributed by atoms with van der Waals surface area (Å²) in [6, 6.07) is 83.4. The van der Waals surface area contributed by atoms with E-state index in [2.05, 4.69) is 114 Å². The highest BCUT2D eigenvalue weighted by atomic mass is 19.3. The largest absolute Gasteiger partial charge is 0.453 e. The maximum atomic E-state index is 13.9. The van der Waals surface area contributed by atoms with E-state index in [4.69, 9.17) is 35.0 Å². The average Bonchev–Trinajstić information content (AvgIpc) is 1.69. The first-order valence-corrected chi connectivity index (χ1v) is 42.4. The number of nitrogens with zero attached hydrogens (tertiary/aromatic N) is 18. The Balaban J connectivity index is 0.000000123. The van der Waals surface area contributed by atoms with E-state index in [1.807, 2.05) is 271 Å². The van der Waals surface area contributed by atoms with E-state index in [0.717, 1.165) is 134 Å². The van der Waals surface area contributed by atoms with Crippen LogP contribution in [0.25, 0.3) is 112 Å². The Hall–Kier alpha value is -17.5. The van der Waals surface area contributed by atoms with Crippen molar-refractivity contribution in [1.82, 2.24) is 88.3 Å². The molecule has 0 aliphatic heterocycles. The van der Waals surface area contributed by atoms with E-state index >= 15 is 0 Å². The van der Waals surface area contributed by atoms with Gasteiger partial charge in [-0.05, 0) is 163 Å². The Kier molecular flexibility index (Phi) is 26.5. The molecule has 0 saturated heterocycles. The lowest BCUT2D eigenvalue weighted by Gasteiger charge is -2.14. The molecule has 132 heavy (non-hydrogen) atoms. The van der Waals surface area contributed by atoms with Crippen LogP contribution >= 0.6 is 0 Å². The molecule has 20 rings (SSSR count). The molecule has 0 aliphatic carbocycles. The Morgan fingerprint density at radius 2 is 0.727 bits per heavy atom. The Labute approximate surface area is 758 Å². The number of alkyl halides is 2. The number of aromatic nitrogens is 18. The molecule has 0 saturated carbocycles. The van der Waals surface area contributed by atoms with Crippen LogP contribution in [0.4, 0.5) is 48.2 Å². The fourth-order valence-electron chi connectivity index (χ4n) is 15.1. The van der Waals surface area contributed by atoms with Gasteiger partial charge in [0.2, 0.25) is 5.91 Å². The van der Waals surface area contributed by atoms with Gasteiger partial charge in [-0.1, -0.05) is 170 Å². The van der Waals surface area contributed by atoms with E-state index in [-0.39, 0.29) is 22.9 Å². The van der Waals surface area contributed by atoms with Gasteiger partial charge in [-0.2, -0.15) is 0 Å². The first-order valence-electron chi connectivity index (χ1n) is 42.4. The number of rotatable bonds is 23. The number of benzene rings is 6. The lowest BCUT2D eigenvalue weighted by molar-refractivity contribution is -0.114. The number of anilines is 6. The van der Waals surface area contributed by atoms with Gasteiger partial charge in [-0.25, -0.2) is 51.6 Å². The van der Waals surface area contributed by atoms with E-state index in [1.54, 1.807) is 54.8 Å². The van der Waals surface area contributed by atoms with Gasteiger partial charge in [-0.15, -0.1) is 20.4 Å². The SMILES string of the molecule is CC(=O)Nc1ccccc1CNc1nc(-c2cncc(C)c2)nn2ccc(-c3ccccc3)c12.COC(=O)Nc1ccccc1CNc1nc(-c2cncc(C)c2)nn2ccc(-c3ccccc3)c12.Cc1ccc(-c2nc(NCc3ccccn3)c3c(-c4ccccc4)ccn3n2)cn1.Cc1cncc(-c2nc(NCc3ccccn3)c3c(-c4ccccc4)ccn3n2)c1C(F)F. The van der Waals surface area contributed by atoms with Crippen molar-refractivity contribution >= 4 is 68.7 Å². The van der Waals surface area contributed by atoms with E-state index in [9.17, 15) is 18.4 Å². The third-order valence-electron chi connectivity index (χ3n) is 21.5. The first-order chi connectivity index (χ1) is 64.6. The smallest absolute Gasteiger partial charge is 0.411 e. The molecule has 0 unspecified atom stereocenters. The number of methoxy groups -OCH3 is 1. The summed E-state index contributed by atoms with van der Waals surface area (Å²) in [5.74, 6) is 4.49. The molecule has 0 radical (unpaired) electrons. The molecular weight excluding hydrogens is 1660 g/mol. The molecule has 0 fully saturated rings. The quantitative estimate of drug-likeness (QED) is 0.0346. The number of aryl methyl sites for hydroxylation is 4. The number of hydrogen-bond donors (Lipinski definition) is 6. The third-order valence-corrected chi connectivity index (χ3v) is 21.5. The van der Waals surface area contributed by atoms with Crippen molar-refractivity contribution in [2.24, 2.45) is 0 Å². The number of amides is 2. The van der Waals surface area contributed by atoms with Gasteiger partial charge in [0.1, 0.15) is 22.1 Å². The molecular formula is C103H88F2N24O3. The molecule has 652 valence electrons. The number of ether oxygens (including phenoxy) is 1. The topological polar surface area (TPSA) is 314 Å². The first kappa shape index (κ1) is 86.6. The summed E-state index contributed by atoms with van der Waals surface area (Å²) < 4.78 is 39.7. The number of pyridine rings is 6. The highest BCUT2D eigenvalue weighted by Gasteiger charge is 2.25. The second kappa shape index (κ2) is 40.4. The standard InChI is InChI=1S/C27H24N6O2.C27H24N6O.C25H20F2N6.C24H20N6/c1-18-14-21(16-28-15-18)25-31-26(29-17-20-10-6-7-11-23(20)30-27(34)35-2)24-22(12-13-33(24)32-25)19-8-4-3-5-9-19;1-18-14-22(16-28-15-18)26-31-27(29-17-21-10-6-7-11-24(21)30-19(2)34)25-23(12-13-33(25)32-26)20-8-4-3-5-9-20;1-16-13-28-15-20(21(16)23(26)27)24-31-25(30-14-18-9-5-6-11-29-18)22-19(10-12-33(22)32-24)17-7-3-2-4-8-17;1-17-10-11-19(15-26-17)23-28-24(27-16-20-9-5-6-13-25-20)22-21(12-14-30(22)29-23)18-7-3-2-4-8-18/h3-16H,17H2,1-2H3,(H,30,34)(H,29,31,32);3-16H,17H2,1-2H3,(H,30,34)(H,29,31,32);2-13,15,23H,14H2,1H3,(H,30,31,32);2-15H,16H2,1H3,(H,27,28,29).